The maximum absolute atomic E-state index is 12.0. The fourth-order valence-electron chi connectivity index (χ4n) is 2.81. The van der Waals surface area contributed by atoms with Crippen molar-refractivity contribution < 1.29 is 0 Å². The Bertz CT molecular complexity index is 570. The van der Waals surface area contributed by atoms with Gasteiger partial charge in [-0.05, 0) is 32.5 Å². The van der Waals surface area contributed by atoms with E-state index in [1.165, 1.54) is 7.05 Å². The monoisotopic (exact) mass is 280 g/mol. The third kappa shape index (κ3) is 3.02. The minimum atomic E-state index is -0.256. The van der Waals surface area contributed by atoms with E-state index in [9.17, 15) is 9.59 Å². The molecule has 1 aliphatic rings. The average molecular weight is 280 g/mol. The summed E-state index contributed by atoms with van der Waals surface area (Å²) < 4.78 is 2.72. The number of piperidine rings is 1. The van der Waals surface area contributed by atoms with Gasteiger partial charge in [-0.15, -0.1) is 0 Å². The van der Waals surface area contributed by atoms with E-state index in [2.05, 4.69) is 17.1 Å². The number of nitrogens with one attached hydrogen (secondary N) is 1. The van der Waals surface area contributed by atoms with Crippen LogP contribution in [0.2, 0.25) is 0 Å². The summed E-state index contributed by atoms with van der Waals surface area (Å²) in [4.78, 5) is 26.1. The van der Waals surface area contributed by atoms with Gasteiger partial charge in [0, 0.05) is 38.4 Å². The molecule has 20 heavy (non-hydrogen) atoms. The Balaban J connectivity index is 2.23. The number of aromatic nitrogens is 2. The third-order valence-corrected chi connectivity index (χ3v) is 4.22. The lowest BCUT2D eigenvalue weighted by molar-refractivity contribution is 0.158. The van der Waals surface area contributed by atoms with Crippen LogP contribution in [0.15, 0.2) is 15.7 Å². The number of hydrogen-bond donors (Lipinski definition) is 1. The Morgan fingerprint density at radius 2 is 1.90 bits per heavy atom. The van der Waals surface area contributed by atoms with E-state index in [1.807, 2.05) is 0 Å². The Kier molecular flexibility index (Phi) is 4.77. The van der Waals surface area contributed by atoms with Crippen molar-refractivity contribution in [1.82, 2.24) is 19.4 Å². The van der Waals surface area contributed by atoms with Crippen LogP contribution in [0.3, 0.4) is 0 Å². The van der Waals surface area contributed by atoms with Crippen molar-refractivity contribution in [1.29, 1.82) is 0 Å². The average Bonchev–Trinajstić information content (AvgIpc) is 2.48. The van der Waals surface area contributed by atoms with Crippen LogP contribution in [-0.4, -0.2) is 39.7 Å². The van der Waals surface area contributed by atoms with Crippen LogP contribution in [0.4, 0.5) is 0 Å². The van der Waals surface area contributed by atoms with Gasteiger partial charge < -0.3 is 5.32 Å². The summed E-state index contributed by atoms with van der Waals surface area (Å²) in [6.45, 7) is 5.78. The molecule has 0 saturated carbocycles. The van der Waals surface area contributed by atoms with E-state index < -0.39 is 0 Å². The van der Waals surface area contributed by atoms with Crippen LogP contribution in [0, 0.1) is 0 Å². The summed E-state index contributed by atoms with van der Waals surface area (Å²) in [6, 6.07) is 2.10. The molecule has 1 saturated heterocycles. The van der Waals surface area contributed by atoms with Gasteiger partial charge in [0.25, 0.3) is 5.56 Å². The van der Waals surface area contributed by atoms with E-state index in [4.69, 9.17) is 0 Å². The second-order valence-corrected chi connectivity index (χ2v) is 5.42. The summed E-state index contributed by atoms with van der Waals surface area (Å²) in [5, 5.41) is 3.36. The largest absolute Gasteiger partial charge is 0.330 e. The molecule has 0 unspecified atom stereocenters. The van der Waals surface area contributed by atoms with Crippen molar-refractivity contribution in [2.75, 3.05) is 19.6 Å². The van der Waals surface area contributed by atoms with Gasteiger partial charge in [0.1, 0.15) is 0 Å². The van der Waals surface area contributed by atoms with E-state index in [0.29, 0.717) is 12.6 Å². The van der Waals surface area contributed by atoms with Crippen LogP contribution < -0.4 is 16.6 Å². The molecule has 0 atom stereocenters. The second-order valence-electron chi connectivity index (χ2n) is 5.42. The minimum Gasteiger partial charge on any atom is -0.317 e. The maximum Gasteiger partial charge on any atom is 0.330 e. The lowest BCUT2D eigenvalue weighted by atomic mass is 10.0. The summed E-state index contributed by atoms with van der Waals surface area (Å²) >= 11 is 0. The molecule has 0 bridgehead atoms. The highest BCUT2D eigenvalue weighted by Gasteiger charge is 2.20. The second kappa shape index (κ2) is 6.37. The van der Waals surface area contributed by atoms with E-state index in [-0.39, 0.29) is 11.2 Å². The van der Waals surface area contributed by atoms with Crippen molar-refractivity contribution in [3.63, 3.8) is 0 Å². The molecule has 112 valence electrons. The summed E-state index contributed by atoms with van der Waals surface area (Å²) in [6.07, 6.45) is 2.24. The molecule has 0 aromatic carbocycles. The number of nitrogens with zero attached hydrogens (tertiary/aromatic N) is 3. The zero-order chi connectivity index (χ0) is 14.7. The predicted octanol–water partition coefficient (Wildman–Crippen LogP) is -0.342. The molecule has 6 heteroatoms. The molecular weight excluding hydrogens is 256 g/mol. The van der Waals surface area contributed by atoms with E-state index in [1.54, 1.807) is 17.7 Å². The Labute approximate surface area is 119 Å². The van der Waals surface area contributed by atoms with Gasteiger partial charge in [0.15, 0.2) is 0 Å². The van der Waals surface area contributed by atoms with Gasteiger partial charge >= 0.3 is 5.69 Å². The lowest BCUT2D eigenvalue weighted by Crippen LogP contribution is -2.44. The predicted molar refractivity (Wildman–Crippen MR) is 78.9 cm³/mol. The molecule has 1 aromatic heterocycles. The van der Waals surface area contributed by atoms with Crippen molar-refractivity contribution in [2.24, 2.45) is 14.1 Å². The molecule has 1 fully saturated rings. The van der Waals surface area contributed by atoms with Crippen molar-refractivity contribution >= 4 is 0 Å². The highest BCUT2D eigenvalue weighted by atomic mass is 16.2. The molecule has 1 aliphatic heterocycles. The first kappa shape index (κ1) is 15.0. The van der Waals surface area contributed by atoms with Gasteiger partial charge in [-0.2, -0.15) is 0 Å². The third-order valence-electron chi connectivity index (χ3n) is 4.22. The van der Waals surface area contributed by atoms with Crippen LogP contribution in [0.25, 0.3) is 0 Å². The van der Waals surface area contributed by atoms with Crippen LogP contribution in [0.1, 0.15) is 25.5 Å². The molecule has 6 nitrogen and oxygen atoms in total. The Morgan fingerprint density at radius 1 is 1.25 bits per heavy atom. The fourth-order valence-corrected chi connectivity index (χ4v) is 2.81. The molecule has 2 rings (SSSR count). The highest BCUT2D eigenvalue weighted by Crippen LogP contribution is 2.14. The summed E-state index contributed by atoms with van der Waals surface area (Å²) in [7, 11) is 3.24. The molecule has 0 radical (unpaired) electrons. The van der Waals surface area contributed by atoms with Crippen molar-refractivity contribution in [2.45, 2.75) is 32.4 Å². The standard InChI is InChI=1S/C14H24N4O2/c1-4-18(11-5-7-15-8-6-11)10-12-9-13(19)17(3)14(20)16(12)2/h9,11,15H,4-8,10H2,1-3H3. The molecular formula is C14H24N4O2. The molecule has 0 spiro atoms. The topological polar surface area (TPSA) is 59.3 Å². The normalized spacial score (nSPS) is 16.8. The Morgan fingerprint density at radius 3 is 2.50 bits per heavy atom. The van der Waals surface area contributed by atoms with Gasteiger partial charge in [-0.3, -0.25) is 18.8 Å². The van der Waals surface area contributed by atoms with E-state index in [0.717, 1.165) is 42.7 Å². The number of hydrogen-bond acceptors (Lipinski definition) is 4. The Hall–Kier alpha value is -1.40. The number of rotatable bonds is 4. The lowest BCUT2D eigenvalue weighted by Gasteiger charge is -2.34. The maximum atomic E-state index is 12.0. The molecule has 2 heterocycles. The first-order valence-corrected chi connectivity index (χ1v) is 7.25. The molecule has 1 aromatic rings. The fraction of sp³-hybridized carbons (Fsp3) is 0.714. The van der Waals surface area contributed by atoms with Crippen LogP contribution >= 0.6 is 0 Å². The summed E-state index contributed by atoms with van der Waals surface area (Å²) in [5.74, 6) is 0. The minimum absolute atomic E-state index is 0.232. The smallest absolute Gasteiger partial charge is 0.317 e. The highest BCUT2D eigenvalue weighted by molar-refractivity contribution is 5.02. The van der Waals surface area contributed by atoms with Crippen LogP contribution in [-0.2, 0) is 20.6 Å². The SMILES string of the molecule is CCN(Cc1cc(=O)n(C)c(=O)n1C)C1CCNCC1. The molecule has 1 N–H and O–H groups in total. The van der Waals surface area contributed by atoms with Gasteiger partial charge in [0.05, 0.1) is 0 Å². The van der Waals surface area contributed by atoms with Crippen molar-refractivity contribution in [3.05, 3.63) is 32.6 Å². The first-order chi connectivity index (χ1) is 9.54. The summed E-state index contributed by atoms with van der Waals surface area (Å²) in [5.41, 5.74) is 0.303. The van der Waals surface area contributed by atoms with Gasteiger partial charge in [-0.25, -0.2) is 4.79 Å². The first-order valence-electron chi connectivity index (χ1n) is 7.25. The zero-order valence-electron chi connectivity index (χ0n) is 12.6. The van der Waals surface area contributed by atoms with Gasteiger partial charge in [0.2, 0.25) is 0 Å². The van der Waals surface area contributed by atoms with E-state index >= 15 is 0 Å². The van der Waals surface area contributed by atoms with Gasteiger partial charge in [-0.1, -0.05) is 6.92 Å². The quantitative estimate of drug-likeness (QED) is 0.819. The zero-order valence-corrected chi connectivity index (χ0v) is 12.6. The van der Waals surface area contributed by atoms with Crippen molar-refractivity contribution in [3.8, 4) is 0 Å². The molecule has 0 amide bonds. The molecule has 0 aliphatic carbocycles. The van der Waals surface area contributed by atoms with Crippen LogP contribution in [0.5, 0.6) is 0 Å².